The number of aromatic nitrogens is 3. The molecule has 1 heterocycles. The lowest BCUT2D eigenvalue weighted by atomic mass is 9.89. The molecule has 7 nitrogen and oxygen atoms in total. The zero-order valence-electron chi connectivity index (χ0n) is 18.4. The molecule has 1 saturated carbocycles. The Hall–Kier alpha value is -3.01. The summed E-state index contributed by atoms with van der Waals surface area (Å²) in [5.41, 5.74) is 4.88. The van der Waals surface area contributed by atoms with E-state index in [9.17, 15) is 10.1 Å². The molecule has 0 aliphatic heterocycles. The lowest BCUT2D eigenvalue weighted by Gasteiger charge is -2.37. The molecule has 1 fully saturated rings. The predicted molar refractivity (Wildman–Crippen MR) is 116 cm³/mol. The maximum Gasteiger partial charge on any atom is 0.291 e. The summed E-state index contributed by atoms with van der Waals surface area (Å²) in [5.74, 6) is 0.105. The van der Waals surface area contributed by atoms with Crippen LogP contribution in [0, 0.1) is 25.2 Å². The number of nitrogens with one attached hydrogen (secondary N) is 1. The Morgan fingerprint density at radius 3 is 2.43 bits per heavy atom. The Kier molecular flexibility index (Phi) is 6.66. The van der Waals surface area contributed by atoms with Crippen molar-refractivity contribution in [1.82, 2.24) is 20.5 Å². The van der Waals surface area contributed by atoms with Gasteiger partial charge in [-0.1, -0.05) is 13.8 Å². The van der Waals surface area contributed by atoms with Crippen molar-refractivity contribution in [2.45, 2.75) is 71.4 Å². The highest BCUT2D eigenvalue weighted by molar-refractivity contribution is 5.90. The molecule has 1 aromatic carbocycles. The van der Waals surface area contributed by atoms with Crippen LogP contribution in [0.2, 0.25) is 0 Å². The quantitative estimate of drug-likeness (QED) is 0.814. The summed E-state index contributed by atoms with van der Waals surface area (Å²) in [4.78, 5) is 18.9. The first-order valence-electron chi connectivity index (χ1n) is 10.6. The predicted octanol–water partition coefficient (Wildman–Crippen LogP) is 3.66. The largest absolute Gasteiger partial charge is 0.371 e. The fourth-order valence-electron chi connectivity index (χ4n) is 4.02. The average molecular weight is 407 g/mol. The van der Waals surface area contributed by atoms with Crippen LogP contribution in [0.1, 0.15) is 78.5 Å². The Morgan fingerprint density at radius 1 is 1.17 bits per heavy atom. The third kappa shape index (κ3) is 4.59. The van der Waals surface area contributed by atoms with Gasteiger partial charge in [0.2, 0.25) is 5.82 Å². The molecule has 7 heteroatoms. The molecule has 3 rings (SSSR count). The van der Waals surface area contributed by atoms with Gasteiger partial charge in [0.05, 0.1) is 23.5 Å². The minimum atomic E-state index is -0.256. The summed E-state index contributed by atoms with van der Waals surface area (Å²) in [6.07, 6.45) is 5.43. The monoisotopic (exact) mass is 406 g/mol. The van der Waals surface area contributed by atoms with Crippen LogP contribution >= 0.6 is 0 Å². The van der Waals surface area contributed by atoms with Gasteiger partial charge in [0, 0.05) is 24.8 Å². The number of nitrogens with zero attached hydrogens (tertiary/aromatic N) is 5. The van der Waals surface area contributed by atoms with Gasteiger partial charge in [0.25, 0.3) is 5.91 Å². The van der Waals surface area contributed by atoms with E-state index in [1.807, 2.05) is 32.9 Å². The summed E-state index contributed by atoms with van der Waals surface area (Å²) >= 11 is 0. The van der Waals surface area contributed by atoms with Gasteiger partial charge in [0.15, 0.2) is 0 Å². The molecule has 0 unspecified atom stereocenters. The zero-order chi connectivity index (χ0) is 21.8. The van der Waals surface area contributed by atoms with Crippen LogP contribution in [0.25, 0.3) is 0 Å². The van der Waals surface area contributed by atoms with E-state index in [2.05, 4.69) is 45.4 Å². The number of carbonyl (C=O) groups excluding carboxylic acids is 1. The topological polar surface area (TPSA) is 94.8 Å². The summed E-state index contributed by atoms with van der Waals surface area (Å²) in [6.45, 7) is 8.11. The van der Waals surface area contributed by atoms with Gasteiger partial charge in [-0.25, -0.2) is 4.98 Å². The van der Waals surface area contributed by atoms with Gasteiger partial charge < -0.3 is 10.2 Å². The van der Waals surface area contributed by atoms with E-state index in [0.29, 0.717) is 6.04 Å². The van der Waals surface area contributed by atoms with E-state index in [0.717, 1.165) is 48.1 Å². The van der Waals surface area contributed by atoms with Gasteiger partial charge in [0.1, 0.15) is 0 Å². The maximum absolute atomic E-state index is 12.5. The van der Waals surface area contributed by atoms with Gasteiger partial charge >= 0.3 is 0 Å². The SMILES string of the molecule is Cc1c(C#N)ccc(N(C)C2CCC(NC(=O)c3ncc(C(C)C)nn3)CC2)c1C. The molecular formula is C23H30N6O. The molecule has 0 atom stereocenters. The van der Waals surface area contributed by atoms with Crippen molar-refractivity contribution in [2.75, 3.05) is 11.9 Å². The van der Waals surface area contributed by atoms with E-state index in [-0.39, 0.29) is 23.7 Å². The number of anilines is 1. The number of nitriles is 1. The average Bonchev–Trinajstić information content (AvgIpc) is 2.75. The highest BCUT2D eigenvalue weighted by atomic mass is 16.2. The van der Waals surface area contributed by atoms with E-state index < -0.39 is 0 Å². The minimum absolute atomic E-state index is 0.124. The molecule has 1 amide bonds. The molecule has 1 aliphatic carbocycles. The number of hydrogen-bond acceptors (Lipinski definition) is 6. The van der Waals surface area contributed by atoms with Crippen LogP contribution in [0.4, 0.5) is 5.69 Å². The summed E-state index contributed by atoms with van der Waals surface area (Å²) < 4.78 is 0. The van der Waals surface area contributed by atoms with Gasteiger partial charge in [-0.2, -0.15) is 10.4 Å². The number of rotatable bonds is 5. The van der Waals surface area contributed by atoms with Crippen LogP contribution in [0.3, 0.4) is 0 Å². The van der Waals surface area contributed by atoms with Crippen molar-refractivity contribution in [3.8, 4) is 6.07 Å². The molecule has 1 N–H and O–H groups in total. The van der Waals surface area contributed by atoms with Crippen molar-refractivity contribution in [3.63, 3.8) is 0 Å². The van der Waals surface area contributed by atoms with Crippen molar-refractivity contribution >= 4 is 11.6 Å². The Bertz CT molecular complexity index is 939. The number of carbonyl (C=O) groups is 1. The van der Waals surface area contributed by atoms with E-state index in [1.54, 1.807) is 6.20 Å². The van der Waals surface area contributed by atoms with E-state index >= 15 is 0 Å². The zero-order valence-corrected chi connectivity index (χ0v) is 18.4. The Balaban J connectivity index is 1.57. The minimum Gasteiger partial charge on any atom is -0.371 e. The second-order valence-corrected chi connectivity index (χ2v) is 8.45. The van der Waals surface area contributed by atoms with Crippen LogP contribution in [-0.4, -0.2) is 40.2 Å². The first-order chi connectivity index (χ1) is 14.3. The number of hydrogen-bond donors (Lipinski definition) is 1. The molecule has 0 radical (unpaired) electrons. The summed E-state index contributed by atoms with van der Waals surface area (Å²) in [6, 6.07) is 6.73. The Morgan fingerprint density at radius 2 is 1.87 bits per heavy atom. The summed E-state index contributed by atoms with van der Waals surface area (Å²) in [7, 11) is 2.12. The van der Waals surface area contributed by atoms with Gasteiger partial charge in [-0.15, -0.1) is 5.10 Å². The molecular weight excluding hydrogens is 376 g/mol. The van der Waals surface area contributed by atoms with Gasteiger partial charge in [-0.3, -0.25) is 4.79 Å². The smallest absolute Gasteiger partial charge is 0.291 e. The van der Waals surface area contributed by atoms with Crippen molar-refractivity contribution in [1.29, 1.82) is 5.26 Å². The van der Waals surface area contributed by atoms with Crippen LogP contribution < -0.4 is 10.2 Å². The molecule has 0 saturated heterocycles. The van der Waals surface area contributed by atoms with Crippen LogP contribution in [-0.2, 0) is 0 Å². The van der Waals surface area contributed by atoms with Crippen molar-refractivity contribution < 1.29 is 4.79 Å². The first kappa shape index (κ1) is 21.7. The van der Waals surface area contributed by atoms with Crippen molar-refractivity contribution in [2.24, 2.45) is 0 Å². The third-order valence-corrected chi connectivity index (χ3v) is 6.21. The third-order valence-electron chi connectivity index (χ3n) is 6.21. The molecule has 2 aromatic rings. The maximum atomic E-state index is 12.5. The Labute approximate surface area is 178 Å². The van der Waals surface area contributed by atoms with Crippen molar-refractivity contribution in [3.05, 3.63) is 46.5 Å². The highest BCUT2D eigenvalue weighted by Gasteiger charge is 2.27. The fraction of sp³-hybridized carbons (Fsp3) is 0.522. The first-order valence-corrected chi connectivity index (χ1v) is 10.6. The van der Waals surface area contributed by atoms with E-state index in [4.69, 9.17) is 0 Å². The molecule has 0 bridgehead atoms. The second kappa shape index (κ2) is 9.21. The number of amides is 1. The van der Waals surface area contributed by atoms with Gasteiger partial charge in [-0.05, 0) is 68.7 Å². The fourth-order valence-corrected chi connectivity index (χ4v) is 4.02. The molecule has 30 heavy (non-hydrogen) atoms. The molecule has 1 aromatic heterocycles. The van der Waals surface area contributed by atoms with Crippen LogP contribution in [0.15, 0.2) is 18.3 Å². The van der Waals surface area contributed by atoms with E-state index in [1.165, 1.54) is 5.69 Å². The molecule has 158 valence electrons. The lowest BCUT2D eigenvalue weighted by Crippen LogP contribution is -2.43. The standard InChI is InChI=1S/C23H30N6O/c1-14(2)20-13-25-22(28-27-20)23(30)26-18-7-9-19(10-8-18)29(5)21-11-6-17(12-24)15(3)16(21)4/h6,11,13-14,18-19H,7-10H2,1-5H3,(H,26,30). The molecule has 1 aliphatic rings. The highest BCUT2D eigenvalue weighted by Crippen LogP contribution is 2.31. The lowest BCUT2D eigenvalue weighted by molar-refractivity contribution is 0.0913. The normalized spacial score (nSPS) is 18.7. The number of benzene rings is 1. The summed E-state index contributed by atoms with van der Waals surface area (Å²) in [5, 5.41) is 20.4. The van der Waals surface area contributed by atoms with Crippen LogP contribution in [0.5, 0.6) is 0 Å². The molecule has 0 spiro atoms. The second-order valence-electron chi connectivity index (χ2n) is 8.45.